The molecule has 1 amide bonds. The molecular weight excluding hydrogens is 374 g/mol. The molecule has 1 unspecified atom stereocenters. The van der Waals surface area contributed by atoms with Crippen molar-refractivity contribution < 1.29 is 9.53 Å². The van der Waals surface area contributed by atoms with E-state index < -0.39 is 0 Å². The van der Waals surface area contributed by atoms with Gasteiger partial charge in [0.2, 0.25) is 5.91 Å². The highest BCUT2D eigenvalue weighted by atomic mass is 32.1. The van der Waals surface area contributed by atoms with Crippen LogP contribution in [0.5, 0.6) is 5.75 Å². The normalized spacial score (nSPS) is 15.4. The minimum atomic E-state index is -0.0951. The summed E-state index contributed by atoms with van der Waals surface area (Å²) in [5, 5.41) is 4.93. The summed E-state index contributed by atoms with van der Waals surface area (Å²) in [4.78, 5) is 26.1. The molecule has 0 saturated carbocycles. The molecule has 28 heavy (non-hydrogen) atoms. The van der Waals surface area contributed by atoms with E-state index in [4.69, 9.17) is 4.74 Å². The number of para-hydroxylation sites is 1. The van der Waals surface area contributed by atoms with Gasteiger partial charge in [-0.15, -0.1) is 11.3 Å². The Balaban J connectivity index is 1.22. The average Bonchev–Trinajstić information content (AvgIpc) is 3.41. The summed E-state index contributed by atoms with van der Waals surface area (Å²) in [5.74, 6) is 0.774. The molecule has 3 aromatic heterocycles. The number of carbonyl (C=O) groups is 1. The predicted octanol–water partition coefficient (Wildman–Crippen LogP) is 2.52. The van der Waals surface area contributed by atoms with Crippen molar-refractivity contribution in [3.05, 3.63) is 65.8 Å². The molecule has 0 bridgehead atoms. The van der Waals surface area contributed by atoms with Crippen molar-refractivity contribution in [1.29, 1.82) is 0 Å². The molecule has 1 atom stereocenters. The van der Waals surface area contributed by atoms with Gasteiger partial charge in [0, 0.05) is 42.2 Å². The van der Waals surface area contributed by atoms with Gasteiger partial charge >= 0.3 is 0 Å². The van der Waals surface area contributed by atoms with E-state index in [9.17, 15) is 4.79 Å². The fourth-order valence-electron chi connectivity index (χ4n) is 3.41. The number of hydrogen-bond acceptors (Lipinski definition) is 6. The summed E-state index contributed by atoms with van der Waals surface area (Å²) in [7, 11) is 0. The van der Waals surface area contributed by atoms with Gasteiger partial charge in [-0.05, 0) is 11.6 Å². The van der Waals surface area contributed by atoms with E-state index in [0.717, 1.165) is 39.6 Å². The summed E-state index contributed by atoms with van der Waals surface area (Å²) < 4.78 is 8.06. The third-order valence-corrected chi connectivity index (χ3v) is 5.45. The molecule has 5 rings (SSSR count). The number of hydrogen-bond donors (Lipinski definition) is 1. The van der Waals surface area contributed by atoms with Crippen LogP contribution in [-0.2, 0) is 17.6 Å². The smallest absolute Gasteiger partial charge is 0.226 e. The van der Waals surface area contributed by atoms with Gasteiger partial charge in [0.1, 0.15) is 11.9 Å². The molecule has 0 radical (unpaired) electrons. The van der Waals surface area contributed by atoms with Crippen LogP contribution in [0.15, 0.2) is 54.6 Å². The van der Waals surface area contributed by atoms with Gasteiger partial charge in [-0.1, -0.05) is 12.1 Å². The fourth-order valence-corrected chi connectivity index (χ4v) is 4.13. The Labute approximate surface area is 165 Å². The molecule has 0 saturated heterocycles. The van der Waals surface area contributed by atoms with Gasteiger partial charge in [0.05, 0.1) is 30.6 Å². The lowest BCUT2D eigenvalue weighted by Gasteiger charge is -2.13. The Morgan fingerprint density at radius 1 is 1.36 bits per heavy atom. The quantitative estimate of drug-likeness (QED) is 0.565. The molecule has 1 aliphatic heterocycles. The highest BCUT2D eigenvalue weighted by molar-refractivity contribution is 7.15. The zero-order chi connectivity index (χ0) is 18.9. The number of aromatic nitrogens is 4. The molecular formula is C20H17N5O2S. The Kier molecular flexibility index (Phi) is 4.25. The number of imidazole rings is 1. The van der Waals surface area contributed by atoms with Crippen molar-refractivity contribution in [3.8, 4) is 17.0 Å². The maximum atomic E-state index is 12.3. The fraction of sp³-hybridized carbons (Fsp3) is 0.200. The lowest BCUT2D eigenvalue weighted by Crippen LogP contribution is -2.35. The number of rotatable bonds is 5. The Hall–Kier alpha value is -3.26. The number of thiazole rings is 1. The lowest BCUT2D eigenvalue weighted by atomic mass is 10.0. The van der Waals surface area contributed by atoms with Crippen LogP contribution < -0.4 is 10.1 Å². The Morgan fingerprint density at radius 2 is 2.32 bits per heavy atom. The SMILES string of the molecule is O=C(Cc1cn2ccsc2n1)NCC1Cc2cccc(-c3cnccn3)c2O1. The van der Waals surface area contributed by atoms with Crippen LogP contribution in [0.3, 0.4) is 0 Å². The van der Waals surface area contributed by atoms with E-state index >= 15 is 0 Å². The minimum absolute atomic E-state index is 0.0561. The van der Waals surface area contributed by atoms with Gasteiger partial charge in [0.15, 0.2) is 4.96 Å². The van der Waals surface area contributed by atoms with E-state index in [2.05, 4.69) is 26.3 Å². The summed E-state index contributed by atoms with van der Waals surface area (Å²) in [5.41, 5.74) is 3.60. The minimum Gasteiger partial charge on any atom is -0.487 e. The first-order chi connectivity index (χ1) is 13.8. The molecule has 140 valence electrons. The second kappa shape index (κ2) is 7.05. The molecule has 0 spiro atoms. The predicted molar refractivity (Wildman–Crippen MR) is 105 cm³/mol. The number of nitrogens with zero attached hydrogens (tertiary/aromatic N) is 4. The van der Waals surface area contributed by atoms with Crippen molar-refractivity contribution in [2.24, 2.45) is 0 Å². The third kappa shape index (κ3) is 3.22. The van der Waals surface area contributed by atoms with Crippen LogP contribution in [0.1, 0.15) is 11.3 Å². The molecule has 4 heterocycles. The average molecular weight is 391 g/mol. The highest BCUT2D eigenvalue weighted by Gasteiger charge is 2.26. The lowest BCUT2D eigenvalue weighted by molar-refractivity contribution is -0.120. The van der Waals surface area contributed by atoms with Crippen LogP contribution in [0.4, 0.5) is 0 Å². The van der Waals surface area contributed by atoms with E-state index in [-0.39, 0.29) is 18.4 Å². The Bertz CT molecular complexity index is 1110. The topological polar surface area (TPSA) is 81.4 Å². The van der Waals surface area contributed by atoms with Crippen LogP contribution >= 0.6 is 11.3 Å². The van der Waals surface area contributed by atoms with Crippen molar-refractivity contribution in [2.45, 2.75) is 18.9 Å². The van der Waals surface area contributed by atoms with Gasteiger partial charge < -0.3 is 10.1 Å². The summed E-state index contributed by atoms with van der Waals surface area (Å²) in [6.07, 6.45) is 9.79. The highest BCUT2D eigenvalue weighted by Crippen LogP contribution is 2.37. The zero-order valence-electron chi connectivity index (χ0n) is 14.9. The van der Waals surface area contributed by atoms with Crippen LogP contribution in [-0.4, -0.2) is 37.9 Å². The van der Waals surface area contributed by atoms with E-state index in [0.29, 0.717) is 6.54 Å². The van der Waals surface area contributed by atoms with Gasteiger partial charge in [-0.25, -0.2) is 4.98 Å². The van der Waals surface area contributed by atoms with Crippen molar-refractivity contribution in [1.82, 2.24) is 24.7 Å². The number of nitrogens with one attached hydrogen (secondary N) is 1. The van der Waals surface area contributed by atoms with E-state index in [1.54, 1.807) is 29.9 Å². The van der Waals surface area contributed by atoms with E-state index in [1.165, 1.54) is 0 Å². The van der Waals surface area contributed by atoms with Gasteiger partial charge in [-0.3, -0.25) is 19.2 Å². The van der Waals surface area contributed by atoms with E-state index in [1.807, 2.05) is 34.3 Å². The maximum Gasteiger partial charge on any atom is 0.226 e. The van der Waals surface area contributed by atoms with Crippen LogP contribution in [0.25, 0.3) is 16.2 Å². The van der Waals surface area contributed by atoms with Gasteiger partial charge in [-0.2, -0.15) is 0 Å². The number of amides is 1. The first kappa shape index (κ1) is 16.9. The first-order valence-electron chi connectivity index (χ1n) is 8.99. The number of benzene rings is 1. The zero-order valence-corrected chi connectivity index (χ0v) is 15.7. The second-order valence-electron chi connectivity index (χ2n) is 6.63. The van der Waals surface area contributed by atoms with Crippen LogP contribution in [0.2, 0.25) is 0 Å². The molecule has 0 fully saturated rings. The first-order valence-corrected chi connectivity index (χ1v) is 9.87. The molecule has 1 aromatic carbocycles. The monoisotopic (exact) mass is 391 g/mol. The molecule has 8 heteroatoms. The largest absolute Gasteiger partial charge is 0.487 e. The molecule has 1 N–H and O–H groups in total. The van der Waals surface area contributed by atoms with Crippen molar-refractivity contribution in [3.63, 3.8) is 0 Å². The number of ether oxygens (including phenoxy) is 1. The van der Waals surface area contributed by atoms with Gasteiger partial charge in [0.25, 0.3) is 0 Å². The standard InChI is InChI=1S/C20H17N5O2S/c26-18(9-14-12-25-6-7-28-20(25)24-14)23-10-15-8-13-2-1-3-16(19(13)27-15)17-11-21-4-5-22-17/h1-7,11-12,15H,8-10H2,(H,23,26). The molecule has 0 aliphatic carbocycles. The molecule has 1 aliphatic rings. The molecule has 4 aromatic rings. The third-order valence-electron chi connectivity index (χ3n) is 4.68. The van der Waals surface area contributed by atoms with Crippen LogP contribution in [0, 0.1) is 0 Å². The Morgan fingerprint density at radius 3 is 3.18 bits per heavy atom. The number of carbonyl (C=O) groups excluding carboxylic acids is 1. The molecule has 7 nitrogen and oxygen atoms in total. The summed E-state index contributed by atoms with van der Waals surface area (Å²) in [6, 6.07) is 6.03. The maximum absolute atomic E-state index is 12.3. The summed E-state index contributed by atoms with van der Waals surface area (Å²) >= 11 is 1.55. The second-order valence-corrected chi connectivity index (χ2v) is 7.51. The summed E-state index contributed by atoms with van der Waals surface area (Å²) in [6.45, 7) is 0.454. The van der Waals surface area contributed by atoms with Crippen molar-refractivity contribution in [2.75, 3.05) is 6.54 Å². The number of fused-ring (bicyclic) bond motifs is 2. The van der Waals surface area contributed by atoms with Crippen molar-refractivity contribution >= 4 is 22.2 Å².